The average Bonchev–Trinajstić information content (AvgIpc) is 3.14. The number of hydrogen-bond donors (Lipinski definition) is 1. The van der Waals surface area contributed by atoms with Crippen molar-refractivity contribution in [2.45, 2.75) is 0 Å². The van der Waals surface area contributed by atoms with Crippen LogP contribution in [0.15, 0.2) is 82.0 Å². The van der Waals surface area contributed by atoms with Crippen LogP contribution in [0.2, 0.25) is 10.0 Å². The van der Waals surface area contributed by atoms with E-state index in [0.29, 0.717) is 32.5 Å². The predicted octanol–water partition coefficient (Wildman–Crippen LogP) is 7.00. The lowest BCUT2D eigenvalue weighted by Crippen LogP contribution is -2.17. The fourth-order valence-corrected chi connectivity index (χ4v) is 4.03. The second-order valence-corrected chi connectivity index (χ2v) is 7.83. The fourth-order valence-electron chi connectivity index (χ4n) is 3.73. The van der Waals surface area contributed by atoms with Crippen molar-refractivity contribution >= 4 is 56.6 Å². The first-order valence-corrected chi connectivity index (χ1v) is 10.1. The van der Waals surface area contributed by atoms with Crippen LogP contribution in [0.3, 0.4) is 0 Å². The summed E-state index contributed by atoms with van der Waals surface area (Å²) < 4.78 is 7.92. The summed E-state index contributed by atoms with van der Waals surface area (Å²) in [6.45, 7) is 0. The standard InChI is InChI=1S/C24H16Cl2N2O2/c1-28-19-10-6-5-9-16(19)22-21(24(28)29)20(14-11-12-17(25)18(26)13-14)23(30-22)27-15-7-3-2-4-8-15/h2-13,27H,1H3. The van der Waals surface area contributed by atoms with Crippen LogP contribution < -0.4 is 10.9 Å². The molecule has 0 radical (unpaired) electrons. The van der Waals surface area contributed by atoms with Gasteiger partial charge in [-0.1, -0.05) is 59.6 Å². The van der Waals surface area contributed by atoms with E-state index in [9.17, 15) is 4.79 Å². The Morgan fingerprint density at radius 2 is 1.63 bits per heavy atom. The molecule has 5 aromatic rings. The highest BCUT2D eigenvalue weighted by Crippen LogP contribution is 2.42. The first-order chi connectivity index (χ1) is 14.5. The Balaban J connectivity index is 1.90. The van der Waals surface area contributed by atoms with Gasteiger partial charge >= 0.3 is 0 Å². The molecule has 0 aliphatic carbocycles. The van der Waals surface area contributed by atoms with Crippen LogP contribution in [0, 0.1) is 0 Å². The summed E-state index contributed by atoms with van der Waals surface area (Å²) >= 11 is 12.4. The molecule has 3 aromatic carbocycles. The van der Waals surface area contributed by atoms with Crippen molar-refractivity contribution in [1.82, 2.24) is 4.57 Å². The van der Waals surface area contributed by atoms with Crippen molar-refractivity contribution in [2.24, 2.45) is 7.05 Å². The van der Waals surface area contributed by atoms with E-state index in [1.807, 2.05) is 60.7 Å². The Labute approximate surface area is 182 Å². The predicted molar refractivity (Wildman–Crippen MR) is 124 cm³/mol. The second kappa shape index (κ2) is 7.24. The lowest BCUT2D eigenvalue weighted by molar-refractivity contribution is 0.638. The van der Waals surface area contributed by atoms with Gasteiger partial charge in [-0.25, -0.2) is 0 Å². The highest BCUT2D eigenvalue weighted by Gasteiger charge is 2.23. The Kier molecular flexibility index (Phi) is 4.54. The number of benzene rings is 3. The van der Waals surface area contributed by atoms with E-state index in [0.717, 1.165) is 22.2 Å². The topological polar surface area (TPSA) is 47.2 Å². The number of para-hydroxylation sites is 2. The number of fused-ring (bicyclic) bond motifs is 3. The first kappa shape index (κ1) is 18.8. The van der Waals surface area contributed by atoms with E-state index in [1.54, 1.807) is 23.7 Å². The van der Waals surface area contributed by atoms with E-state index in [4.69, 9.17) is 27.6 Å². The number of aromatic nitrogens is 1. The SMILES string of the molecule is Cn1c(=O)c2c(-c3ccc(Cl)c(Cl)c3)c(Nc3ccccc3)oc2c2ccccc21. The molecule has 1 N–H and O–H groups in total. The quantitative estimate of drug-likeness (QED) is 0.332. The first-order valence-electron chi connectivity index (χ1n) is 9.36. The molecule has 2 heterocycles. The minimum Gasteiger partial charge on any atom is -0.439 e. The number of nitrogens with one attached hydrogen (secondary N) is 1. The van der Waals surface area contributed by atoms with Crippen molar-refractivity contribution in [3.8, 4) is 11.1 Å². The van der Waals surface area contributed by atoms with Gasteiger partial charge < -0.3 is 14.3 Å². The zero-order valence-corrected chi connectivity index (χ0v) is 17.5. The lowest BCUT2D eigenvalue weighted by atomic mass is 10.0. The molecule has 0 fully saturated rings. The minimum atomic E-state index is -0.144. The van der Waals surface area contributed by atoms with E-state index >= 15 is 0 Å². The molecule has 2 aromatic heterocycles. The monoisotopic (exact) mass is 434 g/mol. The molecular formula is C24H16Cl2N2O2. The third-order valence-electron chi connectivity index (χ3n) is 5.18. The molecule has 0 amide bonds. The molecule has 0 saturated heterocycles. The molecule has 6 heteroatoms. The molecule has 0 aliphatic rings. The van der Waals surface area contributed by atoms with Gasteiger partial charge in [0.15, 0.2) is 5.58 Å². The van der Waals surface area contributed by atoms with Crippen LogP contribution in [0.25, 0.3) is 33.0 Å². The van der Waals surface area contributed by atoms with Gasteiger partial charge in [0.1, 0.15) is 0 Å². The number of halogens is 2. The maximum absolute atomic E-state index is 13.4. The van der Waals surface area contributed by atoms with Crippen LogP contribution in [-0.4, -0.2) is 4.57 Å². The molecule has 30 heavy (non-hydrogen) atoms. The van der Waals surface area contributed by atoms with E-state index in [-0.39, 0.29) is 5.56 Å². The zero-order valence-electron chi connectivity index (χ0n) is 15.9. The summed E-state index contributed by atoms with van der Waals surface area (Å²) in [5.41, 5.74) is 3.44. The molecule has 0 atom stereocenters. The van der Waals surface area contributed by atoms with Crippen molar-refractivity contribution < 1.29 is 4.42 Å². The Morgan fingerprint density at radius 1 is 0.900 bits per heavy atom. The molecule has 0 spiro atoms. The van der Waals surface area contributed by atoms with Gasteiger partial charge in [0.2, 0.25) is 5.88 Å². The van der Waals surface area contributed by atoms with E-state index in [2.05, 4.69) is 5.32 Å². The van der Waals surface area contributed by atoms with E-state index < -0.39 is 0 Å². The Morgan fingerprint density at radius 3 is 2.40 bits per heavy atom. The molecule has 5 rings (SSSR count). The number of pyridine rings is 1. The third kappa shape index (κ3) is 2.96. The third-order valence-corrected chi connectivity index (χ3v) is 5.92. The van der Waals surface area contributed by atoms with Gasteiger partial charge in [0, 0.05) is 18.1 Å². The normalized spacial score (nSPS) is 11.3. The van der Waals surface area contributed by atoms with Crippen molar-refractivity contribution in [3.63, 3.8) is 0 Å². The van der Waals surface area contributed by atoms with Crippen LogP contribution in [0.4, 0.5) is 11.6 Å². The van der Waals surface area contributed by atoms with Gasteiger partial charge in [-0.2, -0.15) is 0 Å². The number of aryl methyl sites for hydroxylation is 1. The van der Waals surface area contributed by atoms with Crippen molar-refractivity contribution in [2.75, 3.05) is 5.32 Å². The highest BCUT2D eigenvalue weighted by atomic mass is 35.5. The van der Waals surface area contributed by atoms with Crippen LogP contribution in [0.5, 0.6) is 0 Å². The van der Waals surface area contributed by atoms with Crippen LogP contribution in [0.1, 0.15) is 0 Å². The summed E-state index contributed by atoms with van der Waals surface area (Å²) in [6, 6.07) is 22.6. The highest BCUT2D eigenvalue weighted by molar-refractivity contribution is 6.42. The van der Waals surface area contributed by atoms with Gasteiger partial charge in [-0.05, 0) is 42.0 Å². The van der Waals surface area contributed by atoms with Crippen molar-refractivity contribution in [1.29, 1.82) is 0 Å². The number of rotatable bonds is 3. The molecule has 0 saturated carbocycles. The Bertz CT molecular complexity index is 1470. The second-order valence-electron chi connectivity index (χ2n) is 7.01. The average molecular weight is 435 g/mol. The Hall–Kier alpha value is -3.21. The molecular weight excluding hydrogens is 419 g/mol. The smallest absolute Gasteiger partial charge is 0.262 e. The van der Waals surface area contributed by atoms with Crippen molar-refractivity contribution in [3.05, 3.63) is 93.2 Å². The molecule has 148 valence electrons. The molecule has 4 nitrogen and oxygen atoms in total. The summed E-state index contributed by atoms with van der Waals surface area (Å²) in [4.78, 5) is 13.4. The molecule has 0 unspecified atom stereocenters. The maximum atomic E-state index is 13.4. The van der Waals surface area contributed by atoms with E-state index in [1.165, 1.54) is 0 Å². The number of nitrogens with zero attached hydrogens (tertiary/aromatic N) is 1. The number of hydrogen-bond acceptors (Lipinski definition) is 3. The molecule has 0 bridgehead atoms. The van der Waals surface area contributed by atoms with Crippen LogP contribution >= 0.6 is 23.2 Å². The fraction of sp³-hybridized carbons (Fsp3) is 0.0417. The summed E-state index contributed by atoms with van der Waals surface area (Å²) in [6.07, 6.45) is 0. The largest absolute Gasteiger partial charge is 0.439 e. The maximum Gasteiger partial charge on any atom is 0.262 e. The zero-order chi connectivity index (χ0) is 20.8. The molecule has 0 aliphatic heterocycles. The van der Waals surface area contributed by atoms with Gasteiger partial charge in [0.25, 0.3) is 5.56 Å². The van der Waals surface area contributed by atoms with Gasteiger partial charge in [-0.3, -0.25) is 4.79 Å². The van der Waals surface area contributed by atoms with Gasteiger partial charge in [-0.15, -0.1) is 0 Å². The van der Waals surface area contributed by atoms with Gasteiger partial charge in [0.05, 0.1) is 26.5 Å². The summed E-state index contributed by atoms with van der Waals surface area (Å²) in [5.74, 6) is 0.475. The number of furan rings is 1. The number of anilines is 2. The van der Waals surface area contributed by atoms with Crippen LogP contribution in [-0.2, 0) is 7.05 Å². The summed E-state index contributed by atoms with van der Waals surface area (Å²) in [5, 5.41) is 5.52. The lowest BCUT2D eigenvalue weighted by Gasteiger charge is -2.08. The minimum absolute atomic E-state index is 0.144. The summed E-state index contributed by atoms with van der Waals surface area (Å²) in [7, 11) is 1.76.